The number of carbonyl (C=O) groups excluding carboxylic acids is 2. The third kappa shape index (κ3) is 4.70. The van der Waals surface area contributed by atoms with Crippen molar-refractivity contribution in [1.82, 2.24) is 9.80 Å². The minimum absolute atomic E-state index is 0.0200. The van der Waals surface area contributed by atoms with Gasteiger partial charge in [-0.15, -0.1) is 0 Å². The van der Waals surface area contributed by atoms with Crippen molar-refractivity contribution >= 4 is 11.8 Å². The summed E-state index contributed by atoms with van der Waals surface area (Å²) in [5.74, 6) is 0.240. The zero-order valence-corrected chi connectivity index (χ0v) is 16.7. The molecule has 2 aliphatic heterocycles. The van der Waals surface area contributed by atoms with Gasteiger partial charge in [0, 0.05) is 32.8 Å². The molecule has 0 aliphatic carbocycles. The molecule has 1 spiro atoms. The molecule has 0 N–H and O–H groups in total. The smallest absolute Gasteiger partial charge is 0.248 e. The Bertz CT molecular complexity index is 675. The fourth-order valence-corrected chi connectivity index (χ4v) is 4.30. The van der Waals surface area contributed by atoms with Gasteiger partial charge in [0.2, 0.25) is 11.8 Å². The first-order valence-electron chi connectivity index (χ1n) is 10.2. The molecule has 2 aliphatic rings. The SMILES string of the molecule is CCCCOCC(=O)N1CCC2(CCCN(Cc3cccc(C)c3)C2=O)C1. The third-order valence-corrected chi connectivity index (χ3v) is 5.85. The van der Waals surface area contributed by atoms with E-state index in [2.05, 4.69) is 32.0 Å². The van der Waals surface area contributed by atoms with Gasteiger partial charge in [-0.25, -0.2) is 0 Å². The molecule has 0 saturated carbocycles. The van der Waals surface area contributed by atoms with Gasteiger partial charge in [0.1, 0.15) is 6.61 Å². The van der Waals surface area contributed by atoms with Crippen LogP contribution in [0.2, 0.25) is 0 Å². The molecule has 1 unspecified atom stereocenters. The van der Waals surface area contributed by atoms with Crippen LogP contribution in [0.1, 0.15) is 50.2 Å². The largest absolute Gasteiger partial charge is 0.372 e. The van der Waals surface area contributed by atoms with E-state index in [9.17, 15) is 9.59 Å². The Labute approximate surface area is 162 Å². The summed E-state index contributed by atoms with van der Waals surface area (Å²) in [6.45, 7) is 7.63. The summed E-state index contributed by atoms with van der Waals surface area (Å²) in [6.07, 6.45) is 4.70. The summed E-state index contributed by atoms with van der Waals surface area (Å²) in [4.78, 5) is 29.5. The Kier molecular flexibility index (Phi) is 6.53. The molecule has 2 amide bonds. The van der Waals surface area contributed by atoms with Gasteiger partial charge in [-0.3, -0.25) is 9.59 Å². The summed E-state index contributed by atoms with van der Waals surface area (Å²) >= 11 is 0. The van der Waals surface area contributed by atoms with Crippen molar-refractivity contribution < 1.29 is 14.3 Å². The van der Waals surface area contributed by atoms with Crippen molar-refractivity contribution in [3.63, 3.8) is 0 Å². The van der Waals surface area contributed by atoms with Crippen LogP contribution in [-0.4, -0.2) is 54.5 Å². The molecular formula is C22H32N2O3. The summed E-state index contributed by atoms with van der Waals surface area (Å²) < 4.78 is 5.48. The second-order valence-corrected chi connectivity index (χ2v) is 8.07. The molecule has 2 heterocycles. The molecule has 1 atom stereocenters. The van der Waals surface area contributed by atoms with Crippen LogP contribution in [0.15, 0.2) is 24.3 Å². The summed E-state index contributed by atoms with van der Waals surface area (Å²) in [6, 6.07) is 8.35. The fourth-order valence-electron chi connectivity index (χ4n) is 4.30. The van der Waals surface area contributed by atoms with Crippen LogP contribution in [-0.2, 0) is 20.9 Å². The van der Waals surface area contributed by atoms with Crippen molar-refractivity contribution in [2.75, 3.05) is 32.8 Å². The van der Waals surface area contributed by atoms with Crippen molar-refractivity contribution in [2.24, 2.45) is 5.41 Å². The van der Waals surface area contributed by atoms with Crippen LogP contribution >= 0.6 is 0 Å². The van der Waals surface area contributed by atoms with E-state index < -0.39 is 0 Å². The number of rotatable bonds is 7. The highest BCUT2D eigenvalue weighted by Crippen LogP contribution is 2.40. The van der Waals surface area contributed by atoms with E-state index in [1.54, 1.807) is 0 Å². The number of nitrogens with zero attached hydrogens (tertiary/aromatic N) is 2. The number of unbranched alkanes of at least 4 members (excludes halogenated alkanes) is 1. The molecule has 2 fully saturated rings. The Hall–Kier alpha value is -1.88. The average molecular weight is 373 g/mol. The van der Waals surface area contributed by atoms with Crippen LogP contribution in [0.3, 0.4) is 0 Å². The van der Waals surface area contributed by atoms with Gasteiger partial charge in [-0.05, 0) is 38.2 Å². The molecule has 148 valence electrons. The van der Waals surface area contributed by atoms with Crippen LogP contribution in [0.5, 0.6) is 0 Å². The van der Waals surface area contributed by atoms with Gasteiger partial charge in [0.25, 0.3) is 0 Å². The van der Waals surface area contributed by atoms with Crippen molar-refractivity contribution in [3.05, 3.63) is 35.4 Å². The van der Waals surface area contributed by atoms with Crippen LogP contribution in [0.4, 0.5) is 0 Å². The number of piperidine rings is 1. The van der Waals surface area contributed by atoms with Crippen molar-refractivity contribution in [3.8, 4) is 0 Å². The lowest BCUT2D eigenvalue weighted by atomic mass is 9.78. The molecule has 1 aromatic carbocycles. The number of likely N-dealkylation sites (tertiary alicyclic amines) is 2. The fraction of sp³-hybridized carbons (Fsp3) is 0.636. The van der Waals surface area contributed by atoms with E-state index in [1.165, 1.54) is 11.1 Å². The van der Waals surface area contributed by atoms with E-state index in [0.29, 0.717) is 26.2 Å². The normalized spacial score (nSPS) is 22.7. The van der Waals surface area contributed by atoms with Crippen molar-refractivity contribution in [2.45, 2.75) is 52.5 Å². The maximum Gasteiger partial charge on any atom is 0.248 e. The van der Waals surface area contributed by atoms with Gasteiger partial charge in [0.15, 0.2) is 0 Å². The molecule has 27 heavy (non-hydrogen) atoms. The minimum Gasteiger partial charge on any atom is -0.372 e. The second-order valence-electron chi connectivity index (χ2n) is 8.07. The van der Waals surface area contributed by atoms with Gasteiger partial charge >= 0.3 is 0 Å². The predicted octanol–water partition coefficient (Wildman–Crippen LogP) is 3.15. The lowest BCUT2D eigenvalue weighted by molar-refractivity contribution is -0.147. The third-order valence-electron chi connectivity index (χ3n) is 5.85. The van der Waals surface area contributed by atoms with E-state index in [1.807, 2.05) is 15.9 Å². The highest BCUT2D eigenvalue weighted by molar-refractivity contribution is 5.86. The highest BCUT2D eigenvalue weighted by Gasteiger charge is 2.49. The average Bonchev–Trinajstić information content (AvgIpc) is 3.08. The highest BCUT2D eigenvalue weighted by atomic mass is 16.5. The molecule has 0 bridgehead atoms. The predicted molar refractivity (Wildman–Crippen MR) is 105 cm³/mol. The first-order chi connectivity index (χ1) is 13.0. The zero-order valence-electron chi connectivity index (χ0n) is 16.7. The monoisotopic (exact) mass is 372 g/mol. The summed E-state index contributed by atoms with van der Waals surface area (Å²) in [7, 11) is 0. The van der Waals surface area contributed by atoms with Crippen molar-refractivity contribution in [1.29, 1.82) is 0 Å². The maximum atomic E-state index is 13.3. The maximum absolute atomic E-state index is 13.3. The number of benzene rings is 1. The molecule has 2 saturated heterocycles. The molecular weight excluding hydrogens is 340 g/mol. The number of aryl methyl sites for hydroxylation is 1. The molecule has 0 radical (unpaired) electrons. The van der Waals surface area contributed by atoms with E-state index >= 15 is 0 Å². The summed E-state index contributed by atoms with van der Waals surface area (Å²) in [5.41, 5.74) is 2.00. The lowest BCUT2D eigenvalue weighted by Gasteiger charge is -2.39. The zero-order chi connectivity index (χ0) is 19.3. The minimum atomic E-state index is -0.388. The number of amides is 2. The standard InChI is InChI=1S/C22H32N2O3/c1-3-4-13-27-16-20(25)24-12-10-22(17-24)9-6-11-23(21(22)26)15-19-8-5-7-18(2)14-19/h5,7-8,14H,3-4,6,9-13,15-17H2,1-2H3. The number of carbonyl (C=O) groups is 2. The topological polar surface area (TPSA) is 49.9 Å². The lowest BCUT2D eigenvalue weighted by Crippen LogP contribution is -2.50. The molecule has 1 aromatic rings. The van der Waals surface area contributed by atoms with E-state index in [4.69, 9.17) is 4.74 Å². The Morgan fingerprint density at radius 2 is 2.11 bits per heavy atom. The van der Waals surface area contributed by atoms with Crippen LogP contribution in [0.25, 0.3) is 0 Å². The number of hydrogen-bond acceptors (Lipinski definition) is 3. The van der Waals surface area contributed by atoms with E-state index in [0.717, 1.165) is 38.6 Å². The van der Waals surface area contributed by atoms with Gasteiger partial charge in [-0.2, -0.15) is 0 Å². The molecule has 0 aromatic heterocycles. The van der Waals surface area contributed by atoms with Gasteiger partial charge < -0.3 is 14.5 Å². The molecule has 5 nitrogen and oxygen atoms in total. The number of hydrogen-bond donors (Lipinski definition) is 0. The van der Waals surface area contributed by atoms with E-state index in [-0.39, 0.29) is 23.8 Å². The Morgan fingerprint density at radius 3 is 2.89 bits per heavy atom. The van der Waals surface area contributed by atoms with Crippen LogP contribution in [0, 0.1) is 12.3 Å². The first-order valence-corrected chi connectivity index (χ1v) is 10.2. The second kappa shape index (κ2) is 8.87. The van der Waals surface area contributed by atoms with Gasteiger partial charge in [0.05, 0.1) is 5.41 Å². The molecule has 3 rings (SSSR count). The Balaban J connectivity index is 1.59. The summed E-state index contributed by atoms with van der Waals surface area (Å²) in [5, 5.41) is 0. The van der Waals surface area contributed by atoms with Crippen LogP contribution < -0.4 is 0 Å². The van der Waals surface area contributed by atoms with Gasteiger partial charge in [-0.1, -0.05) is 43.2 Å². The Morgan fingerprint density at radius 1 is 1.26 bits per heavy atom. The quantitative estimate of drug-likeness (QED) is 0.691. The first kappa shape index (κ1) is 19.9. The molecule has 5 heteroatoms. The number of ether oxygens (including phenoxy) is 1.